The maximum atomic E-state index is 11.2. The second-order valence-corrected chi connectivity index (χ2v) is 3.93. The number of carbonyl (C=O) groups excluding carboxylic acids is 1. The third-order valence-electron chi connectivity index (χ3n) is 2.52. The number of para-hydroxylation sites is 1. The third-order valence-corrected chi connectivity index (χ3v) is 2.52. The molecular weight excluding hydrogens is 252 g/mol. The van der Waals surface area contributed by atoms with Gasteiger partial charge in [-0.1, -0.05) is 24.8 Å². The average molecular weight is 264 g/mol. The molecule has 0 fully saturated rings. The summed E-state index contributed by atoms with van der Waals surface area (Å²) >= 11 is 0. The number of hydrogen-bond acceptors (Lipinski definition) is 3. The van der Waals surface area contributed by atoms with E-state index in [9.17, 15) is 4.79 Å². The molecule has 0 aliphatic rings. The van der Waals surface area contributed by atoms with Gasteiger partial charge in [0, 0.05) is 5.69 Å². The summed E-state index contributed by atoms with van der Waals surface area (Å²) in [5.41, 5.74) is 0.863. The number of rotatable bonds is 4. The van der Waals surface area contributed by atoms with Crippen molar-refractivity contribution >= 4 is 11.6 Å². The van der Waals surface area contributed by atoms with Gasteiger partial charge >= 0.3 is 0 Å². The van der Waals surface area contributed by atoms with Crippen LogP contribution in [0.25, 0.3) is 0 Å². The van der Waals surface area contributed by atoms with E-state index in [2.05, 4.69) is 11.9 Å². The lowest BCUT2D eigenvalue weighted by atomic mass is 10.2. The van der Waals surface area contributed by atoms with Crippen LogP contribution in [0.4, 0.5) is 5.69 Å². The minimum atomic E-state index is -0.328. The summed E-state index contributed by atoms with van der Waals surface area (Å²) in [4.78, 5) is 11.2. The van der Waals surface area contributed by atoms with E-state index in [1.807, 2.05) is 24.3 Å². The molecule has 0 aliphatic heterocycles. The SMILES string of the molecule is C=CC(=O)Nc1ccc(Oc2ccccc2)c(C#N)c1. The topological polar surface area (TPSA) is 62.1 Å². The standard InChI is InChI=1S/C16H12N2O2/c1-2-16(19)18-13-8-9-15(12(10-13)11-17)20-14-6-4-3-5-7-14/h2-10H,1H2,(H,18,19). The van der Waals surface area contributed by atoms with E-state index in [-0.39, 0.29) is 5.91 Å². The lowest BCUT2D eigenvalue weighted by Gasteiger charge is -2.09. The van der Waals surface area contributed by atoms with Crippen molar-refractivity contribution in [1.29, 1.82) is 5.26 Å². The van der Waals surface area contributed by atoms with Crippen molar-refractivity contribution in [3.63, 3.8) is 0 Å². The molecule has 20 heavy (non-hydrogen) atoms. The van der Waals surface area contributed by atoms with Gasteiger partial charge in [-0.2, -0.15) is 5.26 Å². The molecule has 0 aromatic heterocycles. The molecule has 0 radical (unpaired) electrons. The van der Waals surface area contributed by atoms with E-state index in [4.69, 9.17) is 10.00 Å². The number of ether oxygens (including phenoxy) is 1. The Balaban J connectivity index is 2.25. The predicted octanol–water partition coefficient (Wildman–Crippen LogP) is 3.48. The highest BCUT2D eigenvalue weighted by molar-refractivity contribution is 5.99. The Hall–Kier alpha value is -3.06. The Morgan fingerprint density at radius 2 is 2.00 bits per heavy atom. The van der Waals surface area contributed by atoms with Crippen LogP contribution in [-0.2, 0) is 4.79 Å². The summed E-state index contributed by atoms with van der Waals surface area (Å²) in [6.45, 7) is 3.37. The van der Waals surface area contributed by atoms with Crippen LogP contribution in [-0.4, -0.2) is 5.91 Å². The molecule has 0 saturated heterocycles. The fraction of sp³-hybridized carbons (Fsp3) is 0. The van der Waals surface area contributed by atoms with Gasteiger partial charge in [-0.05, 0) is 36.4 Å². The summed E-state index contributed by atoms with van der Waals surface area (Å²) < 4.78 is 5.63. The highest BCUT2D eigenvalue weighted by Crippen LogP contribution is 2.27. The van der Waals surface area contributed by atoms with Gasteiger partial charge in [-0.15, -0.1) is 0 Å². The first-order valence-electron chi connectivity index (χ1n) is 5.93. The predicted molar refractivity (Wildman–Crippen MR) is 76.5 cm³/mol. The van der Waals surface area contributed by atoms with Crippen LogP contribution in [0, 0.1) is 11.3 Å². The van der Waals surface area contributed by atoms with Crippen molar-refractivity contribution in [2.75, 3.05) is 5.32 Å². The molecule has 0 unspecified atom stereocenters. The average Bonchev–Trinajstić information content (AvgIpc) is 2.49. The second-order valence-electron chi connectivity index (χ2n) is 3.93. The molecule has 0 aliphatic carbocycles. The van der Waals surface area contributed by atoms with Crippen LogP contribution in [0.1, 0.15) is 5.56 Å². The number of amides is 1. The normalized spacial score (nSPS) is 9.35. The monoisotopic (exact) mass is 264 g/mol. The molecule has 0 spiro atoms. The number of nitrogens with one attached hydrogen (secondary N) is 1. The summed E-state index contributed by atoms with van der Waals surface area (Å²) in [5.74, 6) is 0.757. The number of hydrogen-bond donors (Lipinski definition) is 1. The zero-order valence-electron chi connectivity index (χ0n) is 10.7. The third kappa shape index (κ3) is 3.24. The summed E-state index contributed by atoms with van der Waals surface area (Å²) in [5, 5.41) is 11.7. The van der Waals surface area contributed by atoms with E-state index in [1.165, 1.54) is 6.08 Å². The highest BCUT2D eigenvalue weighted by atomic mass is 16.5. The van der Waals surface area contributed by atoms with Gasteiger partial charge in [0.1, 0.15) is 17.6 Å². The van der Waals surface area contributed by atoms with Crippen molar-refractivity contribution in [1.82, 2.24) is 0 Å². The van der Waals surface area contributed by atoms with Crippen molar-refractivity contribution in [3.8, 4) is 17.6 Å². The first-order valence-corrected chi connectivity index (χ1v) is 5.93. The number of carbonyl (C=O) groups is 1. The lowest BCUT2D eigenvalue weighted by molar-refractivity contribution is -0.111. The summed E-state index contributed by atoms with van der Waals surface area (Å²) in [6, 6.07) is 16.1. The molecule has 1 amide bonds. The van der Waals surface area contributed by atoms with Crippen LogP contribution in [0.5, 0.6) is 11.5 Å². The Labute approximate surface area is 116 Å². The van der Waals surface area contributed by atoms with Crippen molar-refractivity contribution < 1.29 is 9.53 Å². The van der Waals surface area contributed by atoms with E-state index in [0.717, 1.165) is 0 Å². The molecule has 0 atom stereocenters. The summed E-state index contributed by atoms with van der Waals surface area (Å²) in [7, 11) is 0. The molecule has 0 bridgehead atoms. The van der Waals surface area contributed by atoms with Gasteiger partial charge in [0.2, 0.25) is 5.91 Å². The fourth-order valence-corrected chi connectivity index (χ4v) is 1.59. The van der Waals surface area contributed by atoms with Gasteiger partial charge in [0.25, 0.3) is 0 Å². The Bertz CT molecular complexity index is 673. The molecule has 2 rings (SSSR count). The number of benzene rings is 2. The maximum absolute atomic E-state index is 11.2. The smallest absolute Gasteiger partial charge is 0.247 e. The van der Waals surface area contributed by atoms with Gasteiger partial charge in [0.15, 0.2) is 0 Å². The molecule has 1 N–H and O–H groups in total. The first kappa shape index (κ1) is 13.4. The molecule has 4 nitrogen and oxygen atoms in total. The van der Waals surface area contributed by atoms with E-state index in [1.54, 1.807) is 30.3 Å². The summed E-state index contributed by atoms with van der Waals surface area (Å²) in [6.07, 6.45) is 1.17. The zero-order chi connectivity index (χ0) is 14.4. The van der Waals surface area contributed by atoms with E-state index in [0.29, 0.717) is 22.7 Å². The Morgan fingerprint density at radius 3 is 2.65 bits per heavy atom. The minimum Gasteiger partial charge on any atom is -0.456 e. The van der Waals surface area contributed by atoms with Crippen LogP contribution < -0.4 is 10.1 Å². The van der Waals surface area contributed by atoms with Gasteiger partial charge in [-0.3, -0.25) is 4.79 Å². The number of anilines is 1. The molecular formula is C16H12N2O2. The molecule has 0 saturated carbocycles. The largest absolute Gasteiger partial charge is 0.456 e. The second kappa shape index (κ2) is 6.21. The van der Waals surface area contributed by atoms with Crippen LogP contribution >= 0.6 is 0 Å². The van der Waals surface area contributed by atoms with Gasteiger partial charge in [0.05, 0.1) is 5.56 Å². The highest BCUT2D eigenvalue weighted by Gasteiger charge is 2.07. The van der Waals surface area contributed by atoms with Crippen LogP contribution in [0.3, 0.4) is 0 Å². The van der Waals surface area contributed by atoms with E-state index < -0.39 is 0 Å². The quantitative estimate of drug-likeness (QED) is 0.860. The number of nitrogens with zero attached hydrogens (tertiary/aromatic N) is 1. The van der Waals surface area contributed by atoms with Crippen molar-refractivity contribution in [2.24, 2.45) is 0 Å². The van der Waals surface area contributed by atoms with Crippen molar-refractivity contribution in [3.05, 3.63) is 66.7 Å². The number of nitriles is 1. The molecule has 98 valence electrons. The lowest BCUT2D eigenvalue weighted by Crippen LogP contribution is -2.07. The Morgan fingerprint density at radius 1 is 1.25 bits per heavy atom. The first-order chi connectivity index (χ1) is 9.72. The molecule has 2 aromatic rings. The minimum absolute atomic E-state index is 0.328. The van der Waals surface area contributed by atoms with Crippen LogP contribution in [0.15, 0.2) is 61.2 Å². The molecule has 0 heterocycles. The molecule has 2 aromatic carbocycles. The maximum Gasteiger partial charge on any atom is 0.247 e. The van der Waals surface area contributed by atoms with Gasteiger partial charge in [-0.25, -0.2) is 0 Å². The van der Waals surface area contributed by atoms with Gasteiger partial charge < -0.3 is 10.1 Å². The fourth-order valence-electron chi connectivity index (χ4n) is 1.59. The molecule has 4 heteroatoms. The van der Waals surface area contributed by atoms with Crippen molar-refractivity contribution in [2.45, 2.75) is 0 Å². The van der Waals surface area contributed by atoms with Crippen LogP contribution in [0.2, 0.25) is 0 Å². The Kier molecular flexibility index (Phi) is 4.15. The zero-order valence-corrected chi connectivity index (χ0v) is 10.7. The van der Waals surface area contributed by atoms with E-state index >= 15 is 0 Å².